The van der Waals surface area contributed by atoms with Crippen LogP contribution < -0.4 is 10.6 Å². The zero-order valence-corrected chi connectivity index (χ0v) is 22.0. The van der Waals surface area contributed by atoms with E-state index in [1.807, 2.05) is 6.92 Å². The number of hydrogen-bond acceptors (Lipinski definition) is 11. The Kier molecular flexibility index (Phi) is 9.97. The highest BCUT2D eigenvalue weighted by Crippen LogP contribution is 2.23. The van der Waals surface area contributed by atoms with Crippen molar-refractivity contribution in [2.45, 2.75) is 46.3 Å². The van der Waals surface area contributed by atoms with E-state index in [2.05, 4.69) is 29.8 Å². The number of aromatic nitrogens is 2. The van der Waals surface area contributed by atoms with Crippen molar-refractivity contribution in [1.29, 1.82) is 0 Å². The molecule has 37 heavy (non-hydrogen) atoms. The monoisotopic (exact) mass is 551 g/mol. The fourth-order valence-corrected chi connectivity index (χ4v) is 3.38. The van der Waals surface area contributed by atoms with Gasteiger partial charge in [-0.15, -0.1) is 0 Å². The van der Waals surface area contributed by atoms with Crippen LogP contribution >= 0.6 is 23.1 Å². The highest BCUT2D eigenvalue weighted by Gasteiger charge is 2.26. The molecular formula is C21H23BClN5O8S. The lowest BCUT2D eigenvalue weighted by molar-refractivity contribution is -0.147. The number of benzene rings is 1. The summed E-state index contributed by atoms with van der Waals surface area (Å²) in [5.41, 5.74) is 0.161. The molecule has 1 heterocycles. The first kappa shape index (κ1) is 29.5. The van der Waals surface area contributed by atoms with Gasteiger partial charge in [-0.25, -0.2) is 14.4 Å². The fraction of sp³-hybridized carbons (Fsp3) is 0.381. The number of ether oxygens (including phenoxy) is 1. The SMILES string of the molecule is [B]OC(=O)C(CNC(=O)c1ccc(C)c(C)c1Cl)O/N=C(\C(=O)O)c1nsc(NC(=O)OC(C)(C)C)n1. The lowest BCUT2D eigenvalue weighted by Crippen LogP contribution is -2.39. The van der Waals surface area contributed by atoms with Crippen molar-refractivity contribution in [2.75, 3.05) is 11.9 Å². The zero-order valence-electron chi connectivity index (χ0n) is 20.4. The quantitative estimate of drug-likeness (QED) is 0.238. The van der Waals surface area contributed by atoms with Crippen LogP contribution in [0.4, 0.5) is 9.93 Å². The Morgan fingerprint density at radius 2 is 1.92 bits per heavy atom. The molecule has 0 saturated carbocycles. The smallest absolute Gasteiger partial charge is 0.414 e. The molecule has 1 aromatic carbocycles. The maximum Gasteiger partial charge on any atom is 0.414 e. The van der Waals surface area contributed by atoms with Gasteiger partial charge >= 0.3 is 26.1 Å². The number of aryl methyl sites for hydroxylation is 1. The number of hydrogen-bond donors (Lipinski definition) is 3. The van der Waals surface area contributed by atoms with E-state index in [1.165, 1.54) is 6.07 Å². The van der Waals surface area contributed by atoms with Gasteiger partial charge in [-0.1, -0.05) is 22.8 Å². The zero-order chi connectivity index (χ0) is 27.9. The summed E-state index contributed by atoms with van der Waals surface area (Å²) < 4.78 is 13.0. The molecule has 0 saturated heterocycles. The van der Waals surface area contributed by atoms with Crippen molar-refractivity contribution in [1.82, 2.24) is 14.7 Å². The van der Waals surface area contributed by atoms with Crippen LogP contribution in [0.1, 0.15) is 48.1 Å². The summed E-state index contributed by atoms with van der Waals surface area (Å²) in [7, 11) is 4.92. The van der Waals surface area contributed by atoms with Gasteiger partial charge in [0.15, 0.2) is 0 Å². The number of carboxylic acids is 1. The predicted molar refractivity (Wildman–Crippen MR) is 134 cm³/mol. The van der Waals surface area contributed by atoms with Crippen LogP contribution in [-0.4, -0.2) is 70.4 Å². The van der Waals surface area contributed by atoms with E-state index in [0.29, 0.717) is 17.1 Å². The van der Waals surface area contributed by atoms with E-state index in [0.717, 1.165) is 5.56 Å². The number of amides is 2. The van der Waals surface area contributed by atoms with E-state index >= 15 is 0 Å². The summed E-state index contributed by atoms with van der Waals surface area (Å²) in [5.74, 6) is -3.81. The number of oxime groups is 1. The summed E-state index contributed by atoms with van der Waals surface area (Å²) in [6, 6.07) is 3.21. The molecule has 0 aliphatic heterocycles. The number of nitrogens with one attached hydrogen (secondary N) is 2. The molecule has 1 unspecified atom stereocenters. The summed E-state index contributed by atoms with van der Waals surface area (Å²) in [6.45, 7) is 8.06. The highest BCUT2D eigenvalue weighted by molar-refractivity contribution is 7.10. The van der Waals surface area contributed by atoms with Crippen molar-refractivity contribution in [3.63, 3.8) is 0 Å². The van der Waals surface area contributed by atoms with E-state index in [9.17, 15) is 24.3 Å². The van der Waals surface area contributed by atoms with Crippen molar-refractivity contribution in [2.24, 2.45) is 5.16 Å². The van der Waals surface area contributed by atoms with Gasteiger partial charge in [0.1, 0.15) is 5.60 Å². The van der Waals surface area contributed by atoms with E-state index in [1.54, 1.807) is 33.8 Å². The molecule has 0 bridgehead atoms. The number of carboxylic acid groups (broad SMARTS) is 1. The van der Waals surface area contributed by atoms with Gasteiger partial charge in [-0.2, -0.15) is 9.36 Å². The number of aliphatic carboxylic acids is 1. The summed E-state index contributed by atoms with van der Waals surface area (Å²) in [6.07, 6.45) is -2.46. The van der Waals surface area contributed by atoms with Gasteiger partial charge in [0.2, 0.25) is 22.8 Å². The third-order valence-electron chi connectivity index (χ3n) is 4.45. The number of anilines is 1. The summed E-state index contributed by atoms with van der Waals surface area (Å²) in [5, 5.41) is 17.8. The summed E-state index contributed by atoms with van der Waals surface area (Å²) >= 11 is 6.89. The number of carbonyl (C=O) groups excluding carboxylic acids is 3. The molecular weight excluding hydrogens is 529 g/mol. The first-order valence-corrected chi connectivity index (χ1v) is 11.6. The second-order valence-corrected chi connectivity index (χ2v) is 9.53. The predicted octanol–water partition coefficient (Wildman–Crippen LogP) is 2.39. The Bertz CT molecular complexity index is 1230. The molecule has 196 valence electrons. The number of carbonyl (C=O) groups is 4. The highest BCUT2D eigenvalue weighted by atomic mass is 35.5. The third-order valence-corrected chi connectivity index (χ3v) is 5.57. The first-order valence-electron chi connectivity index (χ1n) is 10.5. The molecule has 2 radical (unpaired) electrons. The van der Waals surface area contributed by atoms with Crippen molar-refractivity contribution >= 4 is 66.0 Å². The average Bonchev–Trinajstić information content (AvgIpc) is 3.25. The standard InChI is InChI=1S/C21H23BClN5O8S/c1-9-6-7-11(13(23)10(9)2)16(29)24-8-12(18(32)35-22)36-27-14(17(30)31)15-25-19(37-28-15)26-20(33)34-21(3,4)5/h6-7,12H,8H2,1-5H3,(H,24,29)(H,30,31)(H,25,26,28,33)/b27-14-. The molecule has 2 amide bonds. The molecule has 1 atom stereocenters. The minimum atomic E-state index is -1.63. The van der Waals surface area contributed by atoms with Gasteiger partial charge in [0.25, 0.3) is 5.91 Å². The molecule has 16 heteroatoms. The Balaban J connectivity index is 2.16. The first-order chi connectivity index (χ1) is 17.2. The molecule has 0 fully saturated rings. The molecule has 3 N–H and O–H groups in total. The Morgan fingerprint density at radius 3 is 2.51 bits per heavy atom. The molecule has 0 aliphatic carbocycles. The van der Waals surface area contributed by atoms with Crippen LogP contribution in [-0.2, 0) is 23.8 Å². The van der Waals surface area contributed by atoms with E-state index in [-0.39, 0.29) is 15.7 Å². The largest absolute Gasteiger partial charge is 0.541 e. The minimum absolute atomic E-state index is 0.0753. The maximum absolute atomic E-state index is 12.6. The Hall–Kier alpha value is -3.72. The van der Waals surface area contributed by atoms with E-state index in [4.69, 9.17) is 29.2 Å². The van der Waals surface area contributed by atoms with Crippen LogP contribution in [0.2, 0.25) is 5.02 Å². The van der Waals surface area contributed by atoms with Gasteiger partial charge in [-0.3, -0.25) is 10.1 Å². The molecule has 1 aromatic heterocycles. The van der Waals surface area contributed by atoms with Crippen LogP contribution in [0.25, 0.3) is 0 Å². The average molecular weight is 552 g/mol. The van der Waals surface area contributed by atoms with Crippen molar-refractivity contribution in [3.8, 4) is 0 Å². The van der Waals surface area contributed by atoms with Crippen molar-refractivity contribution < 1.29 is 38.5 Å². The molecule has 2 aromatic rings. The maximum atomic E-state index is 12.6. The second-order valence-electron chi connectivity index (χ2n) is 8.41. The number of nitrogens with zero attached hydrogens (tertiary/aromatic N) is 3. The topological polar surface area (TPSA) is 178 Å². The Labute approximate surface area is 222 Å². The molecule has 0 spiro atoms. The van der Waals surface area contributed by atoms with Crippen LogP contribution in [0.5, 0.6) is 0 Å². The van der Waals surface area contributed by atoms with Crippen LogP contribution in [0.3, 0.4) is 0 Å². The van der Waals surface area contributed by atoms with Crippen molar-refractivity contribution in [3.05, 3.63) is 39.7 Å². The number of halogens is 1. The Morgan fingerprint density at radius 1 is 1.24 bits per heavy atom. The van der Waals surface area contributed by atoms with Crippen LogP contribution in [0, 0.1) is 13.8 Å². The van der Waals surface area contributed by atoms with Gasteiger partial charge < -0.3 is 24.7 Å². The molecule has 0 aliphatic rings. The van der Waals surface area contributed by atoms with Gasteiger partial charge in [0, 0.05) is 11.5 Å². The molecule has 13 nitrogen and oxygen atoms in total. The normalized spacial score (nSPS) is 12.3. The van der Waals surface area contributed by atoms with Gasteiger partial charge in [-0.05, 0) is 51.8 Å². The fourth-order valence-electron chi connectivity index (χ4n) is 2.53. The summed E-state index contributed by atoms with van der Waals surface area (Å²) in [4.78, 5) is 57.0. The van der Waals surface area contributed by atoms with Crippen LogP contribution in [0.15, 0.2) is 17.3 Å². The number of rotatable bonds is 9. The second kappa shape index (κ2) is 12.5. The van der Waals surface area contributed by atoms with E-state index < -0.39 is 53.7 Å². The minimum Gasteiger partial charge on any atom is -0.541 e. The third kappa shape index (κ3) is 8.42. The molecule has 2 rings (SSSR count). The lowest BCUT2D eigenvalue weighted by Gasteiger charge is -2.18. The van der Waals surface area contributed by atoms with Gasteiger partial charge in [0.05, 0.1) is 17.1 Å². The lowest BCUT2D eigenvalue weighted by atomic mass is 10.1.